The van der Waals surface area contributed by atoms with Gasteiger partial charge < -0.3 is 9.47 Å². The van der Waals surface area contributed by atoms with Crippen LogP contribution in [-0.4, -0.2) is 11.2 Å². The number of rotatable bonds is 5. The van der Waals surface area contributed by atoms with Crippen molar-refractivity contribution in [3.8, 4) is 11.8 Å². The zero-order chi connectivity index (χ0) is 12.5. The molecule has 0 fully saturated rings. The van der Waals surface area contributed by atoms with Crippen LogP contribution in [0.2, 0.25) is 0 Å². The molecule has 1 unspecified atom stereocenters. The van der Waals surface area contributed by atoms with E-state index in [2.05, 4.69) is 0 Å². The van der Waals surface area contributed by atoms with E-state index in [1.54, 1.807) is 0 Å². The topological polar surface area (TPSA) is 42.2 Å². The number of nitriles is 1. The molecule has 88 valence electrons. The van der Waals surface area contributed by atoms with Crippen molar-refractivity contribution < 1.29 is 9.47 Å². The summed E-state index contributed by atoms with van der Waals surface area (Å²) in [6, 6.07) is 11.3. The molecule has 0 N–H and O–H groups in total. The van der Waals surface area contributed by atoms with Crippen molar-refractivity contribution in [2.45, 2.75) is 19.4 Å². The van der Waals surface area contributed by atoms with Crippen LogP contribution in [-0.2, 0) is 4.74 Å². The highest BCUT2D eigenvalue weighted by Gasteiger charge is 2.01. The van der Waals surface area contributed by atoms with Gasteiger partial charge >= 0.3 is 0 Å². The summed E-state index contributed by atoms with van der Waals surface area (Å²) in [5.74, 6) is 0.675. The quantitative estimate of drug-likeness (QED) is 0.455. The van der Waals surface area contributed by atoms with Gasteiger partial charge in [0.05, 0.1) is 6.26 Å². The normalized spacial score (nSPS) is 11.8. The highest BCUT2D eigenvalue weighted by molar-refractivity contribution is 7.80. The Morgan fingerprint density at radius 3 is 2.76 bits per heavy atom. The minimum Gasteiger partial charge on any atom is -0.483 e. The summed E-state index contributed by atoms with van der Waals surface area (Å²) in [6.45, 7) is 1.88. The molecular formula is C13H13NO2S. The van der Waals surface area contributed by atoms with Crippen LogP contribution in [0.25, 0.3) is 0 Å². The molecule has 0 amide bonds. The average molecular weight is 247 g/mol. The first kappa shape index (κ1) is 13.2. The molecule has 0 saturated carbocycles. The number of hydrogen-bond donors (Lipinski definition) is 0. The molecule has 1 aromatic carbocycles. The Hall–Kier alpha value is -1.86. The molecule has 1 aromatic rings. The van der Waals surface area contributed by atoms with Crippen LogP contribution >= 0.6 is 12.2 Å². The van der Waals surface area contributed by atoms with Gasteiger partial charge in [0.15, 0.2) is 11.2 Å². The first-order chi connectivity index (χ1) is 8.26. The van der Waals surface area contributed by atoms with Gasteiger partial charge in [0, 0.05) is 6.08 Å². The van der Waals surface area contributed by atoms with E-state index in [9.17, 15) is 0 Å². The summed E-state index contributed by atoms with van der Waals surface area (Å²) in [4.78, 5) is 0. The van der Waals surface area contributed by atoms with Crippen LogP contribution < -0.4 is 4.74 Å². The van der Waals surface area contributed by atoms with Gasteiger partial charge in [-0.2, -0.15) is 5.26 Å². The molecule has 0 spiro atoms. The molecule has 17 heavy (non-hydrogen) atoms. The molecule has 1 atom stereocenters. The van der Waals surface area contributed by atoms with Crippen molar-refractivity contribution in [2.24, 2.45) is 0 Å². The van der Waals surface area contributed by atoms with Crippen molar-refractivity contribution >= 4 is 17.3 Å². The second-order valence-electron chi connectivity index (χ2n) is 3.20. The number of thiocarbonyl (C=S) groups is 1. The lowest BCUT2D eigenvalue weighted by Gasteiger charge is -2.05. The van der Waals surface area contributed by atoms with E-state index < -0.39 is 6.10 Å². The summed E-state index contributed by atoms with van der Waals surface area (Å²) < 4.78 is 10.5. The maximum Gasteiger partial charge on any atom is 0.193 e. The van der Waals surface area contributed by atoms with Crippen molar-refractivity contribution in [2.75, 3.05) is 0 Å². The smallest absolute Gasteiger partial charge is 0.193 e. The van der Waals surface area contributed by atoms with Gasteiger partial charge in [-0.25, -0.2) is 0 Å². The van der Waals surface area contributed by atoms with Gasteiger partial charge in [0.25, 0.3) is 0 Å². The van der Waals surface area contributed by atoms with Crippen LogP contribution in [0.5, 0.6) is 5.75 Å². The SMILES string of the molecule is CCC(C#N)OC=CC(=S)Oc1ccccc1. The Kier molecular flexibility index (Phi) is 5.76. The van der Waals surface area contributed by atoms with Crippen LogP contribution in [0.15, 0.2) is 42.7 Å². The molecule has 0 bridgehead atoms. The summed E-state index contributed by atoms with van der Waals surface area (Å²) in [5.41, 5.74) is 0. The maximum atomic E-state index is 8.65. The third kappa shape index (κ3) is 5.14. The molecule has 4 heteroatoms. The molecular weight excluding hydrogens is 234 g/mol. The number of para-hydroxylation sites is 1. The summed E-state index contributed by atoms with van der Waals surface area (Å²) in [7, 11) is 0. The lowest BCUT2D eigenvalue weighted by Crippen LogP contribution is -2.05. The lowest BCUT2D eigenvalue weighted by molar-refractivity contribution is 0.189. The number of ether oxygens (including phenoxy) is 2. The lowest BCUT2D eigenvalue weighted by atomic mass is 10.3. The van der Waals surface area contributed by atoms with Crippen molar-refractivity contribution in [3.63, 3.8) is 0 Å². The van der Waals surface area contributed by atoms with Gasteiger partial charge in [-0.15, -0.1) is 0 Å². The van der Waals surface area contributed by atoms with E-state index >= 15 is 0 Å². The fraction of sp³-hybridized carbons (Fsp3) is 0.231. The summed E-state index contributed by atoms with van der Waals surface area (Å²) in [5, 5.41) is 8.95. The summed E-state index contributed by atoms with van der Waals surface area (Å²) >= 11 is 4.99. The zero-order valence-corrected chi connectivity index (χ0v) is 10.3. The second-order valence-corrected chi connectivity index (χ2v) is 3.60. The van der Waals surface area contributed by atoms with Gasteiger partial charge in [-0.05, 0) is 30.8 Å². The molecule has 0 aliphatic heterocycles. The largest absolute Gasteiger partial charge is 0.483 e. The standard InChI is InChI=1S/C13H13NO2S/c1-2-11(10-14)15-9-8-13(17)16-12-6-4-3-5-7-12/h3-9,11H,2H2,1H3. The number of nitrogens with zero attached hydrogens (tertiary/aromatic N) is 1. The highest BCUT2D eigenvalue weighted by Crippen LogP contribution is 2.09. The number of benzene rings is 1. The highest BCUT2D eigenvalue weighted by atomic mass is 32.1. The van der Waals surface area contributed by atoms with E-state index in [0.717, 1.165) is 0 Å². The van der Waals surface area contributed by atoms with Crippen LogP contribution in [0.4, 0.5) is 0 Å². The monoisotopic (exact) mass is 247 g/mol. The molecule has 0 aliphatic carbocycles. The molecule has 0 radical (unpaired) electrons. The van der Waals surface area contributed by atoms with Crippen LogP contribution in [0.3, 0.4) is 0 Å². The van der Waals surface area contributed by atoms with E-state index in [-0.39, 0.29) is 0 Å². The van der Waals surface area contributed by atoms with Gasteiger partial charge in [-0.1, -0.05) is 25.1 Å². The maximum absolute atomic E-state index is 8.65. The zero-order valence-electron chi connectivity index (χ0n) is 9.50. The van der Waals surface area contributed by atoms with E-state index in [1.165, 1.54) is 12.3 Å². The fourth-order valence-corrected chi connectivity index (χ4v) is 1.20. The van der Waals surface area contributed by atoms with E-state index in [4.69, 9.17) is 27.0 Å². The fourth-order valence-electron chi connectivity index (χ4n) is 1.05. The Balaban J connectivity index is 2.40. The Morgan fingerprint density at radius 1 is 1.47 bits per heavy atom. The average Bonchev–Trinajstić information content (AvgIpc) is 2.36. The van der Waals surface area contributed by atoms with Crippen molar-refractivity contribution in [1.29, 1.82) is 5.26 Å². The third-order valence-electron chi connectivity index (χ3n) is 1.92. The Morgan fingerprint density at radius 2 is 2.18 bits per heavy atom. The number of hydrogen-bond acceptors (Lipinski definition) is 4. The molecule has 0 heterocycles. The Bertz CT molecular complexity index is 423. The van der Waals surface area contributed by atoms with Gasteiger partial charge in [-0.3, -0.25) is 0 Å². The van der Waals surface area contributed by atoms with Crippen LogP contribution in [0.1, 0.15) is 13.3 Å². The molecule has 3 nitrogen and oxygen atoms in total. The first-order valence-electron chi connectivity index (χ1n) is 5.24. The van der Waals surface area contributed by atoms with Crippen molar-refractivity contribution in [1.82, 2.24) is 0 Å². The van der Waals surface area contributed by atoms with Crippen LogP contribution in [0, 0.1) is 11.3 Å². The second kappa shape index (κ2) is 7.42. The summed E-state index contributed by atoms with van der Waals surface area (Å²) in [6.07, 6.45) is 3.10. The Labute approximate surface area is 106 Å². The predicted molar refractivity (Wildman–Crippen MR) is 69.6 cm³/mol. The van der Waals surface area contributed by atoms with Gasteiger partial charge in [0.1, 0.15) is 11.8 Å². The molecule has 0 aromatic heterocycles. The molecule has 0 aliphatic rings. The predicted octanol–water partition coefficient (Wildman–Crippen LogP) is 3.23. The molecule has 0 saturated heterocycles. The minimum absolute atomic E-state index is 0.295. The first-order valence-corrected chi connectivity index (χ1v) is 5.65. The van der Waals surface area contributed by atoms with Crippen molar-refractivity contribution in [3.05, 3.63) is 42.7 Å². The van der Waals surface area contributed by atoms with E-state index in [0.29, 0.717) is 17.2 Å². The van der Waals surface area contributed by atoms with E-state index in [1.807, 2.05) is 43.3 Å². The molecule has 1 rings (SSSR count). The van der Waals surface area contributed by atoms with Gasteiger partial charge in [0.2, 0.25) is 0 Å². The minimum atomic E-state index is -0.439. The third-order valence-corrected chi connectivity index (χ3v) is 2.14.